The van der Waals surface area contributed by atoms with Gasteiger partial charge >= 0.3 is 0 Å². The molecule has 7 heteroatoms. The third kappa shape index (κ3) is 3.90. The summed E-state index contributed by atoms with van der Waals surface area (Å²) < 4.78 is 2.17. The average Bonchev–Trinajstić information content (AvgIpc) is 3.25. The van der Waals surface area contributed by atoms with Crippen molar-refractivity contribution in [1.29, 1.82) is 5.41 Å². The molecule has 31 heavy (non-hydrogen) atoms. The molecule has 0 aliphatic carbocycles. The molecule has 0 radical (unpaired) electrons. The van der Waals surface area contributed by atoms with E-state index in [2.05, 4.69) is 59.7 Å². The largest absolute Gasteiger partial charge is 0.318 e. The van der Waals surface area contributed by atoms with Crippen LogP contribution in [0.1, 0.15) is 62.0 Å². The molecule has 160 valence electrons. The minimum absolute atomic E-state index is 0.0830. The Kier molecular flexibility index (Phi) is 5.71. The summed E-state index contributed by atoms with van der Waals surface area (Å²) in [6.07, 6.45) is 3.54. The van der Waals surface area contributed by atoms with E-state index in [0.717, 1.165) is 40.5 Å². The van der Waals surface area contributed by atoms with Crippen molar-refractivity contribution in [2.75, 3.05) is 0 Å². The molecule has 1 aromatic carbocycles. The van der Waals surface area contributed by atoms with Crippen LogP contribution in [0.2, 0.25) is 0 Å². The molecule has 3 heterocycles. The number of hydrogen-bond donors (Lipinski definition) is 1. The smallest absolute Gasteiger partial charge is 0.283 e. The van der Waals surface area contributed by atoms with E-state index in [1.807, 2.05) is 19.9 Å². The number of aromatic nitrogens is 1. The summed E-state index contributed by atoms with van der Waals surface area (Å²) in [5.41, 5.74) is 5.64. The van der Waals surface area contributed by atoms with E-state index in [-0.39, 0.29) is 17.3 Å². The first-order valence-electron chi connectivity index (χ1n) is 10.6. The number of carbonyl (C=O) groups excluding carboxylic acids is 1. The lowest BCUT2D eigenvalue weighted by molar-refractivity contribution is -0.114. The van der Waals surface area contributed by atoms with E-state index < -0.39 is 0 Å². The molecule has 0 atom stereocenters. The van der Waals surface area contributed by atoms with Crippen molar-refractivity contribution in [3.63, 3.8) is 0 Å². The Labute approximate surface area is 187 Å². The molecule has 0 spiro atoms. The minimum Gasteiger partial charge on any atom is -0.318 e. The van der Waals surface area contributed by atoms with Gasteiger partial charge in [-0.15, -0.1) is 0 Å². The number of carbonyl (C=O) groups is 1. The molecule has 6 nitrogen and oxygen atoms in total. The number of thioether (sulfide) groups is 1. The fraction of sp³-hybridized carbons (Fsp3) is 0.333. The number of aliphatic imine (C=N–C) groups is 1. The molecular weight excluding hydrogens is 406 g/mol. The van der Waals surface area contributed by atoms with E-state index in [1.165, 1.54) is 22.3 Å². The third-order valence-electron chi connectivity index (χ3n) is 5.55. The quantitative estimate of drug-likeness (QED) is 0.620. The van der Waals surface area contributed by atoms with Gasteiger partial charge in [-0.05, 0) is 79.8 Å². The van der Waals surface area contributed by atoms with Crippen LogP contribution in [0.15, 0.2) is 46.0 Å². The van der Waals surface area contributed by atoms with Crippen LogP contribution >= 0.6 is 11.8 Å². The monoisotopic (exact) mass is 433 g/mol. The molecule has 2 aromatic rings. The van der Waals surface area contributed by atoms with Crippen LogP contribution in [-0.2, 0) is 4.79 Å². The van der Waals surface area contributed by atoms with Crippen LogP contribution in [0.25, 0.3) is 11.8 Å². The van der Waals surface area contributed by atoms with Gasteiger partial charge in [-0.3, -0.25) is 10.2 Å². The van der Waals surface area contributed by atoms with E-state index in [4.69, 9.17) is 5.41 Å². The molecule has 0 saturated carbocycles. The van der Waals surface area contributed by atoms with E-state index >= 15 is 0 Å². The van der Waals surface area contributed by atoms with Crippen LogP contribution in [0.4, 0.5) is 0 Å². The van der Waals surface area contributed by atoms with Crippen molar-refractivity contribution < 1.29 is 4.79 Å². The van der Waals surface area contributed by atoms with Gasteiger partial charge < -0.3 is 4.57 Å². The summed E-state index contributed by atoms with van der Waals surface area (Å²) in [7, 11) is 0. The Morgan fingerprint density at radius 2 is 1.90 bits per heavy atom. The van der Waals surface area contributed by atoms with Crippen molar-refractivity contribution in [1.82, 2.24) is 9.58 Å². The maximum absolute atomic E-state index is 12.7. The zero-order valence-corrected chi connectivity index (χ0v) is 19.4. The van der Waals surface area contributed by atoms with E-state index in [0.29, 0.717) is 11.1 Å². The lowest BCUT2D eigenvalue weighted by Crippen LogP contribution is -2.35. The van der Waals surface area contributed by atoms with Gasteiger partial charge in [-0.1, -0.05) is 32.9 Å². The van der Waals surface area contributed by atoms with Crippen molar-refractivity contribution in [2.45, 2.75) is 53.4 Å². The molecule has 0 fully saturated rings. The van der Waals surface area contributed by atoms with Crippen molar-refractivity contribution in [2.24, 2.45) is 10.1 Å². The van der Waals surface area contributed by atoms with Crippen molar-refractivity contribution in [3.05, 3.63) is 58.4 Å². The van der Waals surface area contributed by atoms with Crippen LogP contribution in [-0.4, -0.2) is 31.5 Å². The Hall–Kier alpha value is -2.93. The molecule has 0 bridgehead atoms. The van der Waals surface area contributed by atoms with Gasteiger partial charge in [-0.2, -0.15) is 15.1 Å². The lowest BCUT2D eigenvalue weighted by Gasteiger charge is -2.20. The number of nitrogens with one attached hydrogen (secondary N) is 1. The number of amidine groups is 2. The number of aryl methyl sites for hydroxylation is 1. The molecule has 0 unspecified atom stereocenters. The van der Waals surface area contributed by atoms with E-state index in [1.54, 1.807) is 6.08 Å². The summed E-state index contributed by atoms with van der Waals surface area (Å²) in [5, 5.41) is 15.9. The summed E-state index contributed by atoms with van der Waals surface area (Å²) in [4.78, 5) is 16.9. The van der Waals surface area contributed by atoms with Gasteiger partial charge in [0.05, 0.1) is 5.57 Å². The highest BCUT2D eigenvalue weighted by molar-refractivity contribution is 8.26. The minimum atomic E-state index is -0.386. The second-order valence-corrected chi connectivity index (χ2v) is 9.21. The highest BCUT2D eigenvalue weighted by Crippen LogP contribution is 2.31. The number of hydrogen-bond acceptors (Lipinski definition) is 4. The van der Waals surface area contributed by atoms with Crippen molar-refractivity contribution >= 4 is 39.8 Å². The van der Waals surface area contributed by atoms with Gasteiger partial charge in [0.2, 0.25) is 5.17 Å². The highest BCUT2D eigenvalue weighted by atomic mass is 32.2. The molecule has 1 amide bonds. The van der Waals surface area contributed by atoms with Crippen molar-refractivity contribution in [3.8, 4) is 5.69 Å². The Morgan fingerprint density at radius 1 is 1.19 bits per heavy atom. The van der Waals surface area contributed by atoms with Gasteiger partial charge in [0.25, 0.3) is 5.91 Å². The van der Waals surface area contributed by atoms with Gasteiger partial charge in [0.1, 0.15) is 5.04 Å². The topological polar surface area (TPSA) is 73.8 Å². The Bertz CT molecular complexity index is 1150. The predicted molar refractivity (Wildman–Crippen MR) is 129 cm³/mol. The lowest BCUT2D eigenvalue weighted by atomic mass is 10.0. The molecule has 4 rings (SSSR count). The first-order valence-corrected chi connectivity index (χ1v) is 11.4. The third-order valence-corrected chi connectivity index (χ3v) is 6.52. The second kappa shape index (κ2) is 8.30. The Balaban J connectivity index is 1.69. The molecule has 2 aliphatic rings. The maximum Gasteiger partial charge on any atom is 0.283 e. The number of amides is 1. The molecule has 1 N–H and O–H groups in total. The summed E-state index contributed by atoms with van der Waals surface area (Å²) in [6.45, 7) is 10.5. The maximum atomic E-state index is 12.7. The normalized spacial score (nSPS) is 17.5. The van der Waals surface area contributed by atoms with Gasteiger partial charge in [0, 0.05) is 17.1 Å². The first-order chi connectivity index (χ1) is 14.8. The number of fused-ring (bicyclic) bond motifs is 1. The number of nitrogens with zero attached hydrogens (tertiary/aromatic N) is 4. The summed E-state index contributed by atoms with van der Waals surface area (Å²) in [5.74, 6) is 0.182. The first kappa shape index (κ1) is 21.3. The predicted octanol–water partition coefficient (Wildman–Crippen LogP) is 5.64. The standard InChI is InChI=1S/C24H27N5OS/c1-6-7-21-27-29-22(25)20(23(30)26-24(29)31-21)13-18-12-15(4)28(16(18)5)19-10-8-17(9-11-19)14(2)3/h8-14,25H,6-7H2,1-5H3. The van der Waals surface area contributed by atoms with Gasteiger partial charge in [0.15, 0.2) is 5.84 Å². The molecule has 1 aromatic heterocycles. The van der Waals surface area contributed by atoms with Crippen LogP contribution in [0.5, 0.6) is 0 Å². The molecule has 2 aliphatic heterocycles. The van der Waals surface area contributed by atoms with Crippen LogP contribution in [0.3, 0.4) is 0 Å². The van der Waals surface area contributed by atoms with Crippen LogP contribution in [0, 0.1) is 19.3 Å². The zero-order valence-electron chi connectivity index (χ0n) is 18.6. The summed E-state index contributed by atoms with van der Waals surface area (Å²) in [6, 6.07) is 10.6. The Morgan fingerprint density at radius 3 is 2.55 bits per heavy atom. The number of rotatable bonds is 5. The second-order valence-electron chi connectivity index (χ2n) is 8.17. The fourth-order valence-electron chi connectivity index (χ4n) is 3.84. The van der Waals surface area contributed by atoms with Gasteiger partial charge in [-0.25, -0.2) is 0 Å². The number of benzene rings is 1. The zero-order chi connectivity index (χ0) is 22.3. The molecule has 0 saturated heterocycles. The van der Waals surface area contributed by atoms with Crippen LogP contribution < -0.4 is 0 Å². The fourth-order valence-corrected chi connectivity index (χ4v) is 4.83. The number of hydrazone groups is 1. The highest BCUT2D eigenvalue weighted by Gasteiger charge is 2.35. The average molecular weight is 434 g/mol. The summed E-state index contributed by atoms with van der Waals surface area (Å²) >= 11 is 1.38. The SMILES string of the molecule is CCCC1=NN2C(=N)C(=Cc3cc(C)n(-c4ccc(C(C)C)cc4)c3C)C(=O)N=C2S1. The molecular formula is C24H27N5OS. The van der Waals surface area contributed by atoms with E-state index in [9.17, 15) is 4.79 Å².